The molecule has 3 aromatic rings. The van der Waals surface area contributed by atoms with Crippen LogP contribution in [0, 0.1) is 6.92 Å². The number of aryl methyl sites for hydroxylation is 1. The predicted octanol–water partition coefficient (Wildman–Crippen LogP) is 4.35. The van der Waals surface area contributed by atoms with Crippen LogP contribution in [0.3, 0.4) is 0 Å². The van der Waals surface area contributed by atoms with Crippen LogP contribution in [0.25, 0.3) is 0 Å². The number of nitrogens with one attached hydrogen (secondary N) is 3. The molecule has 0 aliphatic carbocycles. The van der Waals surface area contributed by atoms with Crippen molar-refractivity contribution in [2.24, 2.45) is 0 Å². The lowest BCUT2D eigenvalue weighted by molar-refractivity contribution is 0.102. The molecule has 6 nitrogen and oxygen atoms in total. The summed E-state index contributed by atoms with van der Waals surface area (Å²) in [6.07, 6.45) is 0. The van der Waals surface area contributed by atoms with Gasteiger partial charge >= 0.3 is 6.03 Å². The average Bonchev–Trinajstić information content (AvgIpc) is 3.02. The van der Waals surface area contributed by atoms with Gasteiger partial charge in [0.25, 0.3) is 5.91 Å². The number of benzene rings is 2. The van der Waals surface area contributed by atoms with Crippen molar-refractivity contribution in [1.29, 1.82) is 0 Å². The van der Waals surface area contributed by atoms with Crippen LogP contribution in [0.5, 0.6) is 0 Å². The Morgan fingerprint density at radius 2 is 1.52 bits per heavy atom. The molecule has 2 aromatic carbocycles. The van der Waals surface area contributed by atoms with E-state index in [1.165, 1.54) is 11.3 Å². The second-order valence-electron chi connectivity index (χ2n) is 5.23. The highest BCUT2D eigenvalue weighted by Gasteiger charge is 2.10. The topological polar surface area (TPSA) is 83.1 Å². The van der Waals surface area contributed by atoms with Gasteiger partial charge in [-0.2, -0.15) is 0 Å². The zero-order valence-electron chi connectivity index (χ0n) is 13.4. The number of carbonyl (C=O) groups is 2. The predicted molar refractivity (Wildman–Crippen MR) is 100 cm³/mol. The van der Waals surface area contributed by atoms with E-state index in [9.17, 15) is 9.59 Å². The van der Waals surface area contributed by atoms with Gasteiger partial charge in [0.05, 0.1) is 5.01 Å². The lowest BCUT2D eigenvalue weighted by atomic mass is 10.2. The number of aromatic nitrogens is 1. The molecule has 0 saturated carbocycles. The summed E-state index contributed by atoms with van der Waals surface area (Å²) in [7, 11) is 0. The Morgan fingerprint density at radius 1 is 0.880 bits per heavy atom. The number of carbonyl (C=O) groups excluding carboxylic acids is 2. The third-order valence-corrected chi connectivity index (χ3v) is 4.04. The molecule has 1 heterocycles. The van der Waals surface area contributed by atoms with E-state index < -0.39 is 0 Å². The molecular formula is C18H16N4O2S. The Hall–Kier alpha value is -3.19. The Kier molecular flexibility index (Phi) is 5.06. The minimum Gasteiger partial charge on any atom is -0.321 e. The maximum absolute atomic E-state index is 12.1. The maximum Gasteiger partial charge on any atom is 0.323 e. The summed E-state index contributed by atoms with van der Waals surface area (Å²) in [5.74, 6) is -0.282. The van der Waals surface area contributed by atoms with E-state index in [-0.39, 0.29) is 11.9 Å². The van der Waals surface area contributed by atoms with Crippen LogP contribution in [0.1, 0.15) is 15.5 Å². The van der Waals surface area contributed by atoms with E-state index in [2.05, 4.69) is 20.9 Å². The summed E-state index contributed by atoms with van der Waals surface area (Å²) in [5, 5.41) is 10.8. The van der Waals surface area contributed by atoms with Crippen LogP contribution >= 0.6 is 11.3 Å². The normalized spacial score (nSPS) is 10.1. The number of nitrogens with zero attached hydrogens (tertiary/aromatic N) is 1. The molecule has 0 unspecified atom stereocenters. The van der Waals surface area contributed by atoms with Crippen molar-refractivity contribution in [3.05, 3.63) is 70.7 Å². The molecule has 0 saturated heterocycles. The third kappa shape index (κ3) is 4.65. The van der Waals surface area contributed by atoms with Crippen LogP contribution in [0.15, 0.2) is 60.0 Å². The molecule has 0 spiro atoms. The van der Waals surface area contributed by atoms with E-state index in [1.807, 2.05) is 25.1 Å². The summed E-state index contributed by atoms with van der Waals surface area (Å²) < 4.78 is 0. The Balaban J connectivity index is 1.63. The van der Waals surface area contributed by atoms with E-state index in [1.54, 1.807) is 41.8 Å². The monoisotopic (exact) mass is 352 g/mol. The number of urea groups is 1. The fourth-order valence-corrected chi connectivity index (χ4v) is 2.75. The quantitative estimate of drug-likeness (QED) is 0.653. The van der Waals surface area contributed by atoms with E-state index in [0.29, 0.717) is 22.8 Å². The van der Waals surface area contributed by atoms with Crippen molar-refractivity contribution in [1.82, 2.24) is 4.98 Å². The van der Waals surface area contributed by atoms with Crippen molar-refractivity contribution < 1.29 is 9.59 Å². The van der Waals surface area contributed by atoms with E-state index in [0.717, 1.165) is 5.01 Å². The first-order chi connectivity index (χ1) is 12.1. The van der Waals surface area contributed by atoms with E-state index >= 15 is 0 Å². The number of hydrogen-bond acceptors (Lipinski definition) is 4. The molecule has 3 amide bonds. The molecule has 3 rings (SSSR count). The Labute approximate surface area is 148 Å². The molecule has 25 heavy (non-hydrogen) atoms. The smallest absolute Gasteiger partial charge is 0.321 e. The lowest BCUT2D eigenvalue weighted by Gasteiger charge is -2.09. The molecule has 0 aliphatic heterocycles. The first kappa shape index (κ1) is 16.7. The SMILES string of the molecule is Cc1nc(C(=O)Nc2cccc(NC(=O)Nc3ccccc3)c2)cs1. The lowest BCUT2D eigenvalue weighted by Crippen LogP contribution is -2.19. The third-order valence-electron chi connectivity index (χ3n) is 3.26. The Morgan fingerprint density at radius 3 is 2.20 bits per heavy atom. The fourth-order valence-electron chi connectivity index (χ4n) is 2.15. The molecule has 7 heteroatoms. The number of hydrogen-bond donors (Lipinski definition) is 3. The van der Waals surface area contributed by atoms with Gasteiger partial charge in [0.2, 0.25) is 0 Å². The average molecular weight is 352 g/mol. The first-order valence-electron chi connectivity index (χ1n) is 7.57. The molecule has 0 aliphatic rings. The molecule has 0 radical (unpaired) electrons. The van der Waals surface area contributed by atoms with Gasteiger partial charge in [-0.05, 0) is 37.3 Å². The van der Waals surface area contributed by atoms with Crippen LogP contribution in [-0.2, 0) is 0 Å². The van der Waals surface area contributed by atoms with Gasteiger partial charge in [0, 0.05) is 22.4 Å². The minimum atomic E-state index is -0.357. The number of thiazole rings is 1. The summed E-state index contributed by atoms with van der Waals surface area (Å²) in [6, 6.07) is 15.7. The van der Waals surface area contributed by atoms with Gasteiger partial charge < -0.3 is 16.0 Å². The highest BCUT2D eigenvalue weighted by atomic mass is 32.1. The number of amides is 3. The van der Waals surface area contributed by atoms with Crippen molar-refractivity contribution in [3.63, 3.8) is 0 Å². The van der Waals surface area contributed by atoms with Gasteiger partial charge in [-0.25, -0.2) is 9.78 Å². The van der Waals surface area contributed by atoms with Gasteiger partial charge in [-0.1, -0.05) is 24.3 Å². The Bertz CT molecular complexity index is 893. The second-order valence-corrected chi connectivity index (χ2v) is 6.29. The summed E-state index contributed by atoms with van der Waals surface area (Å²) >= 11 is 1.42. The van der Waals surface area contributed by atoms with Crippen LogP contribution in [-0.4, -0.2) is 16.9 Å². The van der Waals surface area contributed by atoms with Gasteiger partial charge in [-0.3, -0.25) is 4.79 Å². The highest BCUT2D eigenvalue weighted by Crippen LogP contribution is 2.17. The molecule has 0 atom stereocenters. The first-order valence-corrected chi connectivity index (χ1v) is 8.45. The maximum atomic E-state index is 12.1. The molecule has 3 N–H and O–H groups in total. The molecule has 1 aromatic heterocycles. The van der Waals surface area contributed by atoms with Gasteiger partial charge in [-0.15, -0.1) is 11.3 Å². The zero-order chi connectivity index (χ0) is 17.6. The van der Waals surface area contributed by atoms with E-state index in [4.69, 9.17) is 0 Å². The van der Waals surface area contributed by atoms with Gasteiger partial charge in [0.15, 0.2) is 0 Å². The fraction of sp³-hybridized carbons (Fsp3) is 0.0556. The van der Waals surface area contributed by atoms with Crippen LogP contribution < -0.4 is 16.0 Å². The molecule has 0 fully saturated rings. The van der Waals surface area contributed by atoms with Gasteiger partial charge in [0.1, 0.15) is 5.69 Å². The summed E-state index contributed by atoms with van der Waals surface area (Å²) in [6.45, 7) is 1.84. The number of anilines is 3. The van der Waals surface area contributed by atoms with Crippen LogP contribution in [0.2, 0.25) is 0 Å². The zero-order valence-corrected chi connectivity index (χ0v) is 14.3. The summed E-state index contributed by atoms with van der Waals surface area (Å²) in [4.78, 5) is 28.3. The molecular weight excluding hydrogens is 336 g/mol. The van der Waals surface area contributed by atoms with Crippen molar-refractivity contribution in [3.8, 4) is 0 Å². The largest absolute Gasteiger partial charge is 0.323 e. The van der Waals surface area contributed by atoms with Crippen LogP contribution in [0.4, 0.5) is 21.9 Å². The second kappa shape index (κ2) is 7.59. The molecule has 0 bridgehead atoms. The van der Waals surface area contributed by atoms with Crippen molar-refractivity contribution in [2.75, 3.05) is 16.0 Å². The minimum absolute atomic E-state index is 0.282. The highest BCUT2D eigenvalue weighted by molar-refractivity contribution is 7.09. The van der Waals surface area contributed by atoms with Crippen molar-refractivity contribution >= 4 is 40.3 Å². The standard InChI is InChI=1S/C18H16N4O2S/c1-12-19-16(11-25-12)17(23)20-14-8-5-9-15(10-14)22-18(24)21-13-6-3-2-4-7-13/h2-11H,1H3,(H,20,23)(H2,21,22,24). The summed E-state index contributed by atoms with van der Waals surface area (Å²) in [5.41, 5.74) is 2.22. The van der Waals surface area contributed by atoms with Crippen molar-refractivity contribution in [2.45, 2.75) is 6.92 Å². The number of para-hydroxylation sites is 1. The molecule has 126 valence electrons. The number of rotatable bonds is 4.